The Kier molecular flexibility index (Phi) is 17.1. The van der Waals surface area contributed by atoms with E-state index in [2.05, 4.69) is 11.8 Å². The Morgan fingerprint density at radius 3 is 2.11 bits per heavy atom. The van der Waals surface area contributed by atoms with Gasteiger partial charge in [0.25, 0.3) is 0 Å². The summed E-state index contributed by atoms with van der Waals surface area (Å²) < 4.78 is 0. The minimum absolute atomic E-state index is 0.0560. The van der Waals surface area contributed by atoms with E-state index in [1.54, 1.807) is 18.2 Å². The molecule has 2 atom stereocenters. The highest BCUT2D eigenvalue weighted by molar-refractivity contribution is 5.66. The fourth-order valence-corrected chi connectivity index (χ4v) is 1.98. The maximum Gasteiger partial charge on any atom is 0.303 e. The maximum absolute atomic E-state index is 10.5. The molecule has 27 heavy (non-hydrogen) atoms. The number of allylic oxidation sites excluding steroid dienone is 9. The van der Waals surface area contributed by atoms with Gasteiger partial charge < -0.3 is 10.2 Å². The third kappa shape index (κ3) is 18.4. The van der Waals surface area contributed by atoms with Crippen LogP contribution in [0.4, 0.5) is 0 Å². The van der Waals surface area contributed by atoms with Crippen LogP contribution in [-0.4, -0.2) is 33.6 Å². The molecule has 0 spiro atoms. The minimum atomic E-state index is -0.920. The Bertz CT molecular complexity index is 541. The molecule has 0 saturated heterocycles. The molecule has 0 aliphatic heterocycles. The highest BCUT2D eigenvalue weighted by atomic mass is 17.1. The molecule has 0 saturated carbocycles. The number of aliphatic hydroxyl groups is 1. The van der Waals surface area contributed by atoms with E-state index in [0.29, 0.717) is 6.42 Å². The summed E-state index contributed by atoms with van der Waals surface area (Å²) in [5, 5.41) is 26.9. The zero-order valence-electron chi connectivity index (χ0n) is 16.0. The van der Waals surface area contributed by atoms with E-state index in [1.807, 2.05) is 54.7 Å². The highest BCUT2D eigenvalue weighted by Crippen LogP contribution is 2.03. The van der Waals surface area contributed by atoms with E-state index >= 15 is 0 Å². The van der Waals surface area contributed by atoms with Gasteiger partial charge in [-0.3, -0.25) is 10.1 Å². The Balaban J connectivity index is 3.90. The van der Waals surface area contributed by atoms with Gasteiger partial charge >= 0.3 is 5.97 Å². The van der Waals surface area contributed by atoms with Crippen molar-refractivity contribution in [3.8, 4) is 0 Å². The Hall–Kier alpha value is -2.21. The molecule has 5 nitrogen and oxygen atoms in total. The summed E-state index contributed by atoms with van der Waals surface area (Å²) in [5.74, 6) is -0.920. The first kappa shape index (κ1) is 24.8. The van der Waals surface area contributed by atoms with Crippen LogP contribution in [0.25, 0.3) is 0 Å². The molecule has 0 fully saturated rings. The van der Waals surface area contributed by atoms with Crippen LogP contribution in [-0.2, 0) is 9.68 Å². The van der Waals surface area contributed by atoms with Gasteiger partial charge in [0.2, 0.25) is 0 Å². The third-order valence-corrected chi connectivity index (χ3v) is 3.42. The number of aliphatic carboxylic acids is 1. The predicted molar refractivity (Wildman–Crippen MR) is 109 cm³/mol. The van der Waals surface area contributed by atoms with Gasteiger partial charge in [0, 0.05) is 6.42 Å². The quantitative estimate of drug-likeness (QED) is 0.162. The fourth-order valence-electron chi connectivity index (χ4n) is 1.98. The van der Waals surface area contributed by atoms with Crippen molar-refractivity contribution in [3.63, 3.8) is 0 Å². The summed E-state index contributed by atoms with van der Waals surface area (Å²) in [6.45, 7) is 2.06. The molecule has 150 valence electrons. The second kappa shape index (κ2) is 18.6. The van der Waals surface area contributed by atoms with Gasteiger partial charge in [0.05, 0.1) is 6.10 Å². The van der Waals surface area contributed by atoms with Crippen molar-refractivity contribution >= 4 is 5.97 Å². The molecule has 0 rings (SSSR count). The molecule has 0 aromatic heterocycles. The Morgan fingerprint density at radius 1 is 0.926 bits per heavy atom. The van der Waals surface area contributed by atoms with Crippen LogP contribution < -0.4 is 0 Å². The monoisotopic (exact) mass is 376 g/mol. The number of carbonyl (C=O) groups is 1. The van der Waals surface area contributed by atoms with Gasteiger partial charge in [-0.15, -0.1) is 0 Å². The van der Waals surface area contributed by atoms with Crippen molar-refractivity contribution in [1.29, 1.82) is 0 Å². The Labute approximate surface area is 162 Å². The van der Waals surface area contributed by atoms with E-state index in [9.17, 15) is 9.90 Å². The van der Waals surface area contributed by atoms with Crippen molar-refractivity contribution in [2.45, 2.75) is 57.7 Å². The summed E-state index contributed by atoms with van der Waals surface area (Å²) in [6.07, 6.45) is 25.1. The summed E-state index contributed by atoms with van der Waals surface area (Å²) in [4.78, 5) is 14.7. The average molecular weight is 376 g/mol. The lowest BCUT2D eigenvalue weighted by atomic mass is 10.2. The van der Waals surface area contributed by atoms with Crippen LogP contribution in [0.3, 0.4) is 0 Å². The van der Waals surface area contributed by atoms with E-state index < -0.39 is 18.2 Å². The average Bonchev–Trinajstić information content (AvgIpc) is 2.65. The second-order valence-electron chi connectivity index (χ2n) is 5.83. The van der Waals surface area contributed by atoms with Gasteiger partial charge in [-0.1, -0.05) is 79.8 Å². The van der Waals surface area contributed by atoms with E-state index in [0.717, 1.165) is 19.3 Å². The summed E-state index contributed by atoms with van der Waals surface area (Å²) >= 11 is 0. The summed E-state index contributed by atoms with van der Waals surface area (Å²) in [6, 6.07) is 0. The lowest BCUT2D eigenvalue weighted by Gasteiger charge is -2.05. The number of hydrogen-bond donors (Lipinski definition) is 3. The summed E-state index contributed by atoms with van der Waals surface area (Å²) in [5.41, 5.74) is 0. The van der Waals surface area contributed by atoms with E-state index in [4.69, 9.17) is 10.4 Å². The first-order valence-electron chi connectivity index (χ1n) is 9.26. The predicted octanol–water partition coefficient (Wildman–Crippen LogP) is 4.99. The zero-order valence-corrected chi connectivity index (χ0v) is 16.0. The maximum atomic E-state index is 10.5. The van der Waals surface area contributed by atoms with Crippen LogP contribution in [0.5, 0.6) is 0 Å². The molecular formula is C22H32O5. The SMILES string of the molecule is CCC=CC[C@@H](O)C=CC=CCC=CCC=CC=C[C@H](CCC(=O)O)OO. The minimum Gasteiger partial charge on any atom is -0.481 e. The fraction of sp³-hybridized carbons (Fsp3) is 0.409. The molecule has 0 heterocycles. The topological polar surface area (TPSA) is 87.0 Å². The van der Waals surface area contributed by atoms with Crippen LogP contribution in [0.15, 0.2) is 72.9 Å². The second-order valence-corrected chi connectivity index (χ2v) is 5.83. The first-order valence-corrected chi connectivity index (χ1v) is 9.26. The van der Waals surface area contributed by atoms with Crippen molar-refractivity contribution < 1.29 is 25.2 Å². The first-order chi connectivity index (χ1) is 13.1. The largest absolute Gasteiger partial charge is 0.481 e. The van der Waals surface area contributed by atoms with Gasteiger partial charge in [-0.05, 0) is 32.1 Å². The van der Waals surface area contributed by atoms with Crippen LogP contribution >= 0.6 is 0 Å². The van der Waals surface area contributed by atoms with Crippen molar-refractivity contribution in [2.24, 2.45) is 0 Å². The molecule has 0 radical (unpaired) electrons. The number of rotatable bonds is 15. The van der Waals surface area contributed by atoms with E-state index in [-0.39, 0.29) is 12.8 Å². The molecule has 5 heteroatoms. The molecule has 3 N–H and O–H groups in total. The number of aliphatic hydroxyl groups excluding tert-OH is 1. The zero-order chi connectivity index (χ0) is 20.2. The lowest BCUT2D eigenvalue weighted by Crippen LogP contribution is -2.09. The van der Waals surface area contributed by atoms with Gasteiger partial charge in [-0.25, -0.2) is 4.89 Å². The van der Waals surface area contributed by atoms with Crippen molar-refractivity contribution in [1.82, 2.24) is 0 Å². The smallest absolute Gasteiger partial charge is 0.303 e. The van der Waals surface area contributed by atoms with Crippen molar-refractivity contribution in [3.05, 3.63) is 72.9 Å². The molecule has 0 aliphatic carbocycles. The molecule has 0 unspecified atom stereocenters. The van der Waals surface area contributed by atoms with Gasteiger partial charge in [-0.2, -0.15) is 0 Å². The number of carboxylic acid groups (broad SMARTS) is 1. The van der Waals surface area contributed by atoms with Crippen LogP contribution in [0.2, 0.25) is 0 Å². The molecule has 0 bridgehead atoms. The molecule has 0 aromatic carbocycles. The third-order valence-electron chi connectivity index (χ3n) is 3.42. The van der Waals surface area contributed by atoms with Gasteiger partial charge in [0.1, 0.15) is 6.10 Å². The molecular weight excluding hydrogens is 344 g/mol. The Morgan fingerprint density at radius 2 is 1.56 bits per heavy atom. The highest BCUT2D eigenvalue weighted by Gasteiger charge is 2.06. The van der Waals surface area contributed by atoms with Gasteiger partial charge in [0.15, 0.2) is 0 Å². The van der Waals surface area contributed by atoms with E-state index in [1.165, 1.54) is 0 Å². The number of hydrogen-bond acceptors (Lipinski definition) is 4. The van der Waals surface area contributed by atoms with Crippen LogP contribution in [0.1, 0.15) is 45.4 Å². The molecule has 0 aliphatic rings. The van der Waals surface area contributed by atoms with Crippen LogP contribution in [0, 0.1) is 0 Å². The molecule has 0 aromatic rings. The normalized spacial score (nSPS) is 15.4. The standard InChI is InChI=1S/C22H32O5/c1-2-3-12-15-20(23)16-13-10-8-6-4-5-7-9-11-14-17-21(27-26)18-19-22(24)25/h3-5,8-14,16-17,20-21,23,26H,2,6-7,15,18-19H2,1H3,(H,24,25)/t20-,21-/m1/s1. The lowest BCUT2D eigenvalue weighted by molar-refractivity contribution is -0.267. The van der Waals surface area contributed by atoms with Crippen molar-refractivity contribution in [2.75, 3.05) is 0 Å². The summed E-state index contributed by atoms with van der Waals surface area (Å²) in [7, 11) is 0. The molecule has 0 amide bonds. The number of carboxylic acids is 1.